The van der Waals surface area contributed by atoms with Gasteiger partial charge in [0.2, 0.25) is 5.91 Å². The van der Waals surface area contributed by atoms with Crippen molar-refractivity contribution in [2.75, 3.05) is 5.32 Å². The van der Waals surface area contributed by atoms with Crippen molar-refractivity contribution in [3.63, 3.8) is 0 Å². The predicted octanol–water partition coefficient (Wildman–Crippen LogP) is 4.46. The first-order chi connectivity index (χ1) is 9.68. The zero-order valence-electron chi connectivity index (χ0n) is 11.6. The molecule has 0 fully saturated rings. The molecule has 0 spiro atoms. The van der Waals surface area contributed by atoms with Crippen LogP contribution in [0, 0.1) is 5.41 Å². The third-order valence-electron chi connectivity index (χ3n) is 2.58. The number of hydrogen-bond acceptors (Lipinski definition) is 4. The van der Waals surface area contributed by atoms with E-state index < -0.39 is 5.41 Å². The number of carbonyl (C=O) groups excluding carboxylic acids is 1. The predicted molar refractivity (Wildman–Crippen MR) is 93.5 cm³/mol. The normalized spacial score (nSPS) is 11.5. The SMILES string of the molecule is CC(C)(C)C(=O)NC(=S)Nc1nc2c(Cl)c(Cl)ccc2s1. The van der Waals surface area contributed by atoms with Gasteiger partial charge in [0, 0.05) is 5.41 Å². The van der Waals surface area contributed by atoms with Crippen LogP contribution in [0.2, 0.25) is 10.0 Å². The zero-order chi connectivity index (χ0) is 15.8. The average Bonchev–Trinajstić information content (AvgIpc) is 2.76. The van der Waals surface area contributed by atoms with E-state index in [1.54, 1.807) is 6.07 Å². The minimum absolute atomic E-state index is 0.165. The first-order valence-electron chi connectivity index (χ1n) is 6.05. The van der Waals surface area contributed by atoms with E-state index in [1.807, 2.05) is 26.8 Å². The molecule has 4 nitrogen and oxygen atoms in total. The van der Waals surface area contributed by atoms with Gasteiger partial charge in [0.05, 0.1) is 14.7 Å². The van der Waals surface area contributed by atoms with Gasteiger partial charge in [0.25, 0.3) is 0 Å². The van der Waals surface area contributed by atoms with Gasteiger partial charge < -0.3 is 10.6 Å². The molecule has 0 saturated heterocycles. The largest absolute Gasteiger partial charge is 0.308 e. The second kappa shape index (κ2) is 6.04. The van der Waals surface area contributed by atoms with Crippen molar-refractivity contribution in [2.24, 2.45) is 5.41 Å². The minimum atomic E-state index is -0.518. The van der Waals surface area contributed by atoms with Crippen molar-refractivity contribution in [1.82, 2.24) is 10.3 Å². The van der Waals surface area contributed by atoms with E-state index in [1.165, 1.54) is 11.3 Å². The van der Waals surface area contributed by atoms with E-state index in [-0.39, 0.29) is 11.0 Å². The van der Waals surface area contributed by atoms with E-state index in [0.717, 1.165) is 4.70 Å². The molecule has 0 aliphatic carbocycles. The molecular weight excluding hydrogens is 349 g/mol. The molecule has 0 radical (unpaired) electrons. The summed E-state index contributed by atoms with van der Waals surface area (Å²) >= 11 is 18.5. The molecule has 0 saturated carbocycles. The van der Waals surface area contributed by atoms with Crippen LogP contribution < -0.4 is 10.6 Å². The summed E-state index contributed by atoms with van der Waals surface area (Å²) in [4.78, 5) is 16.2. The lowest BCUT2D eigenvalue weighted by molar-refractivity contribution is -0.126. The maximum absolute atomic E-state index is 11.8. The van der Waals surface area contributed by atoms with E-state index in [9.17, 15) is 4.79 Å². The maximum Gasteiger partial charge on any atom is 0.231 e. The van der Waals surface area contributed by atoms with Gasteiger partial charge in [-0.05, 0) is 24.4 Å². The molecule has 0 unspecified atom stereocenters. The third kappa shape index (κ3) is 3.83. The number of rotatable bonds is 1. The summed E-state index contributed by atoms with van der Waals surface area (Å²) in [5.41, 5.74) is 0.0949. The number of benzene rings is 1. The van der Waals surface area contributed by atoms with Crippen molar-refractivity contribution >= 4 is 73.1 Å². The highest BCUT2D eigenvalue weighted by Crippen LogP contribution is 2.35. The zero-order valence-corrected chi connectivity index (χ0v) is 14.7. The molecule has 0 atom stereocenters. The molecule has 2 N–H and O–H groups in total. The lowest BCUT2D eigenvalue weighted by Gasteiger charge is -2.17. The second-order valence-corrected chi connectivity index (χ2v) is 7.61. The van der Waals surface area contributed by atoms with Crippen molar-refractivity contribution in [3.8, 4) is 0 Å². The van der Waals surface area contributed by atoms with Gasteiger partial charge in [-0.15, -0.1) is 0 Å². The van der Waals surface area contributed by atoms with Gasteiger partial charge in [-0.2, -0.15) is 0 Å². The van der Waals surface area contributed by atoms with Crippen molar-refractivity contribution in [2.45, 2.75) is 20.8 Å². The molecule has 1 aromatic heterocycles. The Morgan fingerprint density at radius 1 is 1.33 bits per heavy atom. The quantitative estimate of drug-likeness (QED) is 0.736. The highest BCUT2D eigenvalue weighted by molar-refractivity contribution is 7.80. The lowest BCUT2D eigenvalue weighted by atomic mass is 9.96. The van der Waals surface area contributed by atoms with E-state index in [0.29, 0.717) is 20.7 Å². The molecular formula is C13H13Cl2N3OS2. The molecule has 1 heterocycles. The molecule has 2 aromatic rings. The second-order valence-electron chi connectivity index (χ2n) is 5.39. The van der Waals surface area contributed by atoms with Gasteiger partial charge in [0.15, 0.2) is 10.2 Å². The summed E-state index contributed by atoms with van der Waals surface area (Å²) in [5, 5.41) is 7.12. The van der Waals surface area contributed by atoms with Crippen LogP contribution in [0.4, 0.5) is 5.13 Å². The third-order valence-corrected chi connectivity index (χ3v) is 4.52. The Bertz CT molecular complexity index is 722. The van der Waals surface area contributed by atoms with Gasteiger partial charge in [0.1, 0.15) is 5.52 Å². The van der Waals surface area contributed by atoms with Gasteiger partial charge in [-0.3, -0.25) is 4.79 Å². The Morgan fingerprint density at radius 2 is 2.00 bits per heavy atom. The molecule has 21 heavy (non-hydrogen) atoms. The fraction of sp³-hybridized carbons (Fsp3) is 0.308. The number of halogens is 2. The van der Waals surface area contributed by atoms with Crippen LogP contribution in [0.3, 0.4) is 0 Å². The molecule has 0 aliphatic rings. The van der Waals surface area contributed by atoms with Crippen LogP contribution >= 0.6 is 46.8 Å². The van der Waals surface area contributed by atoms with Crippen molar-refractivity contribution in [3.05, 3.63) is 22.2 Å². The highest BCUT2D eigenvalue weighted by atomic mass is 35.5. The number of anilines is 1. The number of fused-ring (bicyclic) bond motifs is 1. The first-order valence-corrected chi connectivity index (χ1v) is 8.03. The van der Waals surface area contributed by atoms with Crippen LogP contribution in [0.5, 0.6) is 0 Å². The van der Waals surface area contributed by atoms with Crippen LogP contribution in [-0.2, 0) is 4.79 Å². The fourth-order valence-electron chi connectivity index (χ4n) is 1.41. The summed E-state index contributed by atoms with van der Waals surface area (Å²) in [6, 6.07) is 3.55. The minimum Gasteiger partial charge on any atom is -0.308 e. The number of aromatic nitrogens is 1. The van der Waals surface area contributed by atoms with Gasteiger partial charge in [-0.1, -0.05) is 55.3 Å². The fourth-order valence-corrected chi connectivity index (χ4v) is 2.96. The number of carbonyl (C=O) groups is 1. The molecule has 2 rings (SSSR count). The lowest BCUT2D eigenvalue weighted by Crippen LogP contribution is -2.41. The van der Waals surface area contributed by atoms with E-state index >= 15 is 0 Å². The van der Waals surface area contributed by atoms with Crippen LogP contribution in [-0.4, -0.2) is 16.0 Å². The Morgan fingerprint density at radius 3 is 2.62 bits per heavy atom. The molecule has 1 aromatic carbocycles. The van der Waals surface area contributed by atoms with E-state index in [2.05, 4.69) is 15.6 Å². The van der Waals surface area contributed by atoms with Crippen molar-refractivity contribution in [1.29, 1.82) is 0 Å². The Labute approximate surface area is 141 Å². The highest BCUT2D eigenvalue weighted by Gasteiger charge is 2.22. The Balaban J connectivity index is 2.15. The summed E-state index contributed by atoms with van der Waals surface area (Å²) in [7, 11) is 0. The molecule has 0 bridgehead atoms. The summed E-state index contributed by atoms with van der Waals surface area (Å²) < 4.78 is 0.886. The number of hydrogen-bond donors (Lipinski definition) is 2. The van der Waals surface area contributed by atoms with Gasteiger partial charge >= 0.3 is 0 Å². The number of thiazole rings is 1. The smallest absolute Gasteiger partial charge is 0.231 e. The summed E-state index contributed by atoms with van der Waals surface area (Å²) in [6.07, 6.45) is 0. The molecule has 1 amide bonds. The average molecular weight is 362 g/mol. The van der Waals surface area contributed by atoms with Crippen LogP contribution in [0.25, 0.3) is 10.2 Å². The van der Waals surface area contributed by atoms with Crippen molar-refractivity contribution < 1.29 is 4.79 Å². The van der Waals surface area contributed by atoms with Crippen LogP contribution in [0.1, 0.15) is 20.8 Å². The monoisotopic (exact) mass is 361 g/mol. The van der Waals surface area contributed by atoms with Crippen LogP contribution in [0.15, 0.2) is 12.1 Å². The van der Waals surface area contributed by atoms with E-state index in [4.69, 9.17) is 35.4 Å². The summed E-state index contributed by atoms with van der Waals surface area (Å²) in [5.74, 6) is -0.165. The molecule has 0 aliphatic heterocycles. The molecule has 8 heteroatoms. The Hall–Kier alpha value is -0.950. The first kappa shape index (κ1) is 16.4. The number of amides is 1. The standard InChI is InChI=1S/C13H13Cl2N3OS2/c1-13(2,3)10(19)17-11(20)18-12-16-9-7(21-12)5-4-6(14)8(9)15/h4-5H,1-3H3,(H2,16,17,18,19,20). The van der Waals surface area contributed by atoms with Gasteiger partial charge in [-0.25, -0.2) is 4.98 Å². The topological polar surface area (TPSA) is 54.0 Å². The maximum atomic E-state index is 11.8. The Kier molecular flexibility index (Phi) is 4.72. The number of nitrogens with zero attached hydrogens (tertiary/aromatic N) is 1. The number of nitrogens with one attached hydrogen (secondary N) is 2. The number of thiocarbonyl (C=S) groups is 1. The molecule has 112 valence electrons. The summed E-state index contributed by atoms with van der Waals surface area (Å²) in [6.45, 7) is 5.43.